The van der Waals surface area contributed by atoms with Crippen molar-refractivity contribution in [2.75, 3.05) is 38.6 Å². The fraction of sp³-hybridized carbons (Fsp3) is 0.450. The van der Waals surface area contributed by atoms with E-state index in [1.165, 1.54) is 33.7 Å². The van der Waals surface area contributed by atoms with Crippen molar-refractivity contribution in [3.05, 3.63) is 107 Å². The molecule has 1 amide bonds. The number of anilines is 1. The predicted octanol–water partition coefficient (Wildman–Crippen LogP) is 8.86. The lowest BCUT2D eigenvalue weighted by Gasteiger charge is -2.32. The Morgan fingerprint density at radius 3 is 2.31 bits per heavy atom. The molecule has 45 heavy (non-hydrogen) atoms. The summed E-state index contributed by atoms with van der Waals surface area (Å²) in [5, 5.41) is 0. The summed E-state index contributed by atoms with van der Waals surface area (Å²) in [7, 11) is 4.18. The van der Waals surface area contributed by atoms with Crippen molar-refractivity contribution in [3.8, 4) is 0 Å². The molecule has 0 unspecified atom stereocenters. The zero-order valence-electron chi connectivity index (χ0n) is 28.8. The van der Waals surface area contributed by atoms with Crippen LogP contribution in [0.5, 0.6) is 0 Å². The molecule has 238 valence electrons. The number of fused-ring (bicyclic) bond motifs is 2. The Bertz CT molecular complexity index is 1580. The van der Waals surface area contributed by atoms with Crippen molar-refractivity contribution in [1.29, 1.82) is 0 Å². The predicted molar refractivity (Wildman–Crippen MR) is 190 cm³/mol. The average Bonchev–Trinajstić information content (AvgIpc) is 3.38. The third-order valence-electron chi connectivity index (χ3n) is 9.73. The normalized spacial score (nSPS) is 20.4. The fourth-order valence-corrected chi connectivity index (χ4v) is 7.27. The second-order valence-corrected chi connectivity index (χ2v) is 14.1. The van der Waals surface area contributed by atoms with Crippen LogP contribution in [0.1, 0.15) is 84.8 Å². The largest absolute Gasteiger partial charge is 0.344 e. The van der Waals surface area contributed by atoms with Gasteiger partial charge in [0.15, 0.2) is 0 Å². The molecule has 0 saturated heterocycles. The first-order chi connectivity index (χ1) is 21.5. The van der Waals surface area contributed by atoms with E-state index in [-0.39, 0.29) is 16.7 Å². The van der Waals surface area contributed by atoms with Crippen molar-refractivity contribution in [2.45, 2.75) is 84.5 Å². The number of hydrogen-bond donors (Lipinski definition) is 0. The molecule has 3 aliphatic rings. The van der Waals surface area contributed by atoms with Gasteiger partial charge in [-0.1, -0.05) is 83.2 Å². The Balaban J connectivity index is 1.59. The van der Waals surface area contributed by atoms with Crippen molar-refractivity contribution in [1.82, 2.24) is 9.80 Å². The van der Waals surface area contributed by atoms with Gasteiger partial charge in [0.25, 0.3) is 0 Å². The number of benzene rings is 2. The van der Waals surface area contributed by atoms with Gasteiger partial charge in [-0.05, 0) is 99.3 Å². The number of nitrogens with zero attached hydrogens (tertiary/aromatic N) is 4. The molecule has 0 fully saturated rings. The molecular formula is C40H52N4O. The van der Waals surface area contributed by atoms with Gasteiger partial charge in [0.1, 0.15) is 0 Å². The Morgan fingerprint density at radius 1 is 0.911 bits per heavy atom. The SMILES string of the molecule is CCCN1/C(=C/C=C2\CCCC(/C=C/C3=Nc4ccccc4C3(C)C)=C2N(CCCN(C)C)C(C)=O)C(C)(C)c2ccccc21. The Morgan fingerprint density at radius 2 is 1.62 bits per heavy atom. The highest BCUT2D eigenvalue weighted by Gasteiger charge is 2.39. The van der Waals surface area contributed by atoms with E-state index < -0.39 is 0 Å². The van der Waals surface area contributed by atoms with Gasteiger partial charge >= 0.3 is 0 Å². The van der Waals surface area contributed by atoms with E-state index in [0.29, 0.717) is 6.54 Å². The quantitative estimate of drug-likeness (QED) is 0.272. The number of hydrogen-bond acceptors (Lipinski definition) is 4. The van der Waals surface area contributed by atoms with Crippen LogP contribution in [0, 0.1) is 0 Å². The summed E-state index contributed by atoms with van der Waals surface area (Å²) in [5.41, 5.74) is 10.7. The Labute approximate surface area is 271 Å². The van der Waals surface area contributed by atoms with Crippen LogP contribution in [-0.4, -0.2) is 55.1 Å². The lowest BCUT2D eigenvalue weighted by molar-refractivity contribution is -0.127. The van der Waals surface area contributed by atoms with Gasteiger partial charge in [-0.15, -0.1) is 0 Å². The van der Waals surface area contributed by atoms with E-state index in [4.69, 9.17) is 4.99 Å². The van der Waals surface area contributed by atoms with Gasteiger partial charge in [-0.3, -0.25) is 9.79 Å². The van der Waals surface area contributed by atoms with Crippen LogP contribution in [0.4, 0.5) is 11.4 Å². The maximum atomic E-state index is 13.4. The number of rotatable bonds is 10. The van der Waals surface area contributed by atoms with Crippen molar-refractivity contribution < 1.29 is 4.79 Å². The minimum absolute atomic E-state index is 0.0993. The van der Waals surface area contributed by atoms with E-state index in [9.17, 15) is 4.79 Å². The van der Waals surface area contributed by atoms with Crippen LogP contribution in [0.3, 0.4) is 0 Å². The summed E-state index contributed by atoms with van der Waals surface area (Å²) in [4.78, 5) is 25.1. The highest BCUT2D eigenvalue weighted by Crippen LogP contribution is 2.48. The minimum atomic E-state index is -0.163. The Kier molecular flexibility index (Phi) is 9.69. The summed E-state index contributed by atoms with van der Waals surface area (Å²) in [6, 6.07) is 17.3. The molecule has 0 atom stereocenters. The third-order valence-corrected chi connectivity index (χ3v) is 9.73. The first kappa shape index (κ1) is 32.7. The molecule has 0 aromatic heterocycles. The van der Waals surface area contributed by atoms with Gasteiger partial charge in [-0.25, -0.2) is 0 Å². The Hall–Kier alpha value is -3.70. The second-order valence-electron chi connectivity index (χ2n) is 14.1. The third kappa shape index (κ3) is 6.51. The average molecular weight is 605 g/mol. The van der Waals surface area contributed by atoms with Gasteiger partial charge in [0, 0.05) is 47.9 Å². The molecule has 2 aliphatic heterocycles. The van der Waals surface area contributed by atoms with Gasteiger partial charge in [0.05, 0.1) is 11.4 Å². The zero-order valence-corrected chi connectivity index (χ0v) is 28.8. The van der Waals surface area contributed by atoms with Gasteiger partial charge < -0.3 is 14.7 Å². The molecule has 0 N–H and O–H groups in total. The minimum Gasteiger partial charge on any atom is -0.344 e. The zero-order chi connectivity index (χ0) is 32.4. The topological polar surface area (TPSA) is 39.1 Å². The van der Waals surface area contributed by atoms with Crippen LogP contribution >= 0.6 is 0 Å². The standard InChI is InChI=1S/C40H52N4O/c1-9-26-44-35-21-13-11-19-33(35)40(5,6)37(44)25-23-31-17-14-16-30(38(31)43(29(2)45)28-15-27-42(7)8)22-24-36-39(3,4)32-18-10-12-20-34(32)41-36/h10-13,18-25H,9,14-17,26-28H2,1-8H3/b24-22+,31-23+,37-25+. The molecule has 5 nitrogen and oxygen atoms in total. The number of aliphatic imine (C=N–C) groups is 1. The number of para-hydroxylation sites is 2. The van der Waals surface area contributed by atoms with E-state index in [0.717, 1.165) is 62.3 Å². The van der Waals surface area contributed by atoms with Gasteiger partial charge in [0.2, 0.25) is 5.91 Å². The highest BCUT2D eigenvalue weighted by atomic mass is 16.2. The molecule has 2 aromatic carbocycles. The van der Waals surface area contributed by atoms with Crippen molar-refractivity contribution in [2.24, 2.45) is 4.99 Å². The molecule has 0 spiro atoms. The first-order valence-corrected chi connectivity index (χ1v) is 16.8. The van der Waals surface area contributed by atoms with E-state index >= 15 is 0 Å². The smallest absolute Gasteiger partial charge is 0.223 e. The van der Waals surface area contributed by atoms with Crippen LogP contribution in [0.15, 0.2) is 100 Å². The molecule has 0 saturated carbocycles. The maximum Gasteiger partial charge on any atom is 0.223 e. The van der Waals surface area contributed by atoms with Crippen LogP contribution in [0.25, 0.3) is 0 Å². The lowest BCUT2D eigenvalue weighted by atomic mass is 9.81. The van der Waals surface area contributed by atoms with E-state index in [1.807, 2.05) is 4.90 Å². The molecule has 1 aliphatic carbocycles. The second kappa shape index (κ2) is 13.3. The molecular weight excluding hydrogens is 552 g/mol. The van der Waals surface area contributed by atoms with E-state index in [2.05, 4.69) is 131 Å². The lowest BCUT2D eigenvalue weighted by Crippen LogP contribution is -2.33. The number of carbonyl (C=O) groups excluding carboxylic acids is 1. The van der Waals surface area contributed by atoms with Crippen molar-refractivity contribution >= 4 is 23.0 Å². The van der Waals surface area contributed by atoms with Crippen LogP contribution in [-0.2, 0) is 15.6 Å². The van der Waals surface area contributed by atoms with Gasteiger partial charge in [-0.2, -0.15) is 0 Å². The number of allylic oxidation sites excluding steroid dienone is 7. The highest BCUT2D eigenvalue weighted by molar-refractivity contribution is 6.08. The summed E-state index contributed by atoms with van der Waals surface area (Å²) in [5.74, 6) is 0.0993. The number of amides is 1. The molecule has 0 bridgehead atoms. The number of carbonyl (C=O) groups is 1. The summed E-state index contributed by atoms with van der Waals surface area (Å²) >= 11 is 0. The summed E-state index contributed by atoms with van der Waals surface area (Å²) in [6.45, 7) is 15.8. The van der Waals surface area contributed by atoms with Crippen LogP contribution < -0.4 is 4.90 Å². The summed E-state index contributed by atoms with van der Waals surface area (Å²) < 4.78 is 0. The molecule has 5 heteroatoms. The first-order valence-electron chi connectivity index (χ1n) is 16.8. The van der Waals surface area contributed by atoms with Crippen molar-refractivity contribution in [3.63, 3.8) is 0 Å². The molecule has 2 aromatic rings. The molecule has 2 heterocycles. The molecule has 0 radical (unpaired) electrons. The fourth-order valence-electron chi connectivity index (χ4n) is 7.27. The van der Waals surface area contributed by atoms with Crippen LogP contribution in [0.2, 0.25) is 0 Å². The van der Waals surface area contributed by atoms with E-state index in [1.54, 1.807) is 6.92 Å². The molecule has 5 rings (SSSR count). The maximum absolute atomic E-state index is 13.4. The monoisotopic (exact) mass is 604 g/mol. The summed E-state index contributed by atoms with van der Waals surface area (Å²) in [6.07, 6.45) is 14.1.